The van der Waals surface area contributed by atoms with Crippen LogP contribution in [0.15, 0.2) is 24.3 Å². The van der Waals surface area contributed by atoms with Crippen LogP contribution in [-0.4, -0.2) is 22.6 Å². The van der Waals surface area contributed by atoms with E-state index < -0.39 is 11.8 Å². The SMILES string of the molecule is CC(C)CC[C@@H](O)[C@](N)(O)c1ccccc1C=O. The molecule has 0 aliphatic carbocycles. The van der Waals surface area contributed by atoms with Crippen LogP contribution in [0.5, 0.6) is 0 Å². The Morgan fingerprint density at radius 1 is 1.33 bits per heavy atom. The lowest BCUT2D eigenvalue weighted by Crippen LogP contribution is -2.48. The third kappa shape index (κ3) is 3.38. The lowest BCUT2D eigenvalue weighted by atomic mass is 9.90. The van der Waals surface area contributed by atoms with Gasteiger partial charge in [-0.2, -0.15) is 0 Å². The second-order valence-electron chi connectivity index (χ2n) is 5.02. The van der Waals surface area contributed by atoms with Crippen molar-refractivity contribution in [3.63, 3.8) is 0 Å². The molecule has 0 unspecified atom stereocenters. The lowest BCUT2D eigenvalue weighted by Gasteiger charge is -2.30. The van der Waals surface area contributed by atoms with Crippen LogP contribution in [0.4, 0.5) is 0 Å². The first-order chi connectivity index (χ1) is 8.39. The molecule has 0 bridgehead atoms. The van der Waals surface area contributed by atoms with Crippen LogP contribution in [0.25, 0.3) is 0 Å². The minimum Gasteiger partial charge on any atom is -0.388 e. The number of aldehydes is 1. The molecule has 18 heavy (non-hydrogen) atoms. The second-order valence-corrected chi connectivity index (χ2v) is 5.02. The Hall–Kier alpha value is -1.23. The number of aliphatic hydroxyl groups excluding tert-OH is 1. The molecule has 1 aromatic rings. The van der Waals surface area contributed by atoms with Gasteiger partial charge in [0.05, 0.1) is 0 Å². The number of nitrogens with two attached hydrogens (primary N) is 1. The van der Waals surface area contributed by atoms with Crippen molar-refractivity contribution in [2.75, 3.05) is 0 Å². The zero-order valence-electron chi connectivity index (χ0n) is 10.8. The molecule has 4 nitrogen and oxygen atoms in total. The molecule has 100 valence electrons. The van der Waals surface area contributed by atoms with E-state index >= 15 is 0 Å². The summed E-state index contributed by atoms with van der Waals surface area (Å²) in [7, 11) is 0. The van der Waals surface area contributed by atoms with Gasteiger partial charge in [-0.05, 0) is 18.8 Å². The van der Waals surface area contributed by atoms with Crippen molar-refractivity contribution in [1.29, 1.82) is 0 Å². The predicted octanol–water partition coefficient (Wildman–Crippen LogP) is 1.40. The zero-order chi connectivity index (χ0) is 13.8. The molecule has 0 spiro atoms. The number of benzene rings is 1. The summed E-state index contributed by atoms with van der Waals surface area (Å²) < 4.78 is 0. The van der Waals surface area contributed by atoms with E-state index in [1.165, 1.54) is 0 Å². The maximum Gasteiger partial charge on any atom is 0.166 e. The van der Waals surface area contributed by atoms with E-state index in [2.05, 4.69) is 0 Å². The molecule has 0 aromatic heterocycles. The Bertz CT molecular complexity index is 402. The Labute approximate surface area is 107 Å². The second kappa shape index (κ2) is 6.09. The topological polar surface area (TPSA) is 83.6 Å². The van der Waals surface area contributed by atoms with Crippen LogP contribution >= 0.6 is 0 Å². The summed E-state index contributed by atoms with van der Waals surface area (Å²) in [6, 6.07) is 6.48. The van der Waals surface area contributed by atoms with E-state index in [1.807, 2.05) is 13.8 Å². The summed E-state index contributed by atoms with van der Waals surface area (Å²) in [6.07, 6.45) is 0.672. The molecule has 0 aliphatic rings. The zero-order valence-corrected chi connectivity index (χ0v) is 10.8. The molecule has 4 N–H and O–H groups in total. The van der Waals surface area contributed by atoms with Gasteiger partial charge in [0.15, 0.2) is 5.72 Å². The van der Waals surface area contributed by atoms with Crippen molar-refractivity contribution in [2.45, 2.75) is 38.5 Å². The van der Waals surface area contributed by atoms with Crippen molar-refractivity contribution in [1.82, 2.24) is 0 Å². The highest BCUT2D eigenvalue weighted by Gasteiger charge is 2.34. The Balaban J connectivity index is 2.93. The molecule has 0 fully saturated rings. The molecular weight excluding hydrogens is 230 g/mol. The quantitative estimate of drug-likeness (QED) is 0.527. The van der Waals surface area contributed by atoms with Gasteiger partial charge < -0.3 is 10.2 Å². The first kappa shape index (κ1) is 14.8. The monoisotopic (exact) mass is 251 g/mol. The van der Waals surface area contributed by atoms with Gasteiger partial charge in [-0.15, -0.1) is 0 Å². The molecule has 0 aliphatic heterocycles. The van der Waals surface area contributed by atoms with Gasteiger partial charge in [0.25, 0.3) is 0 Å². The molecule has 2 atom stereocenters. The predicted molar refractivity (Wildman–Crippen MR) is 70.0 cm³/mol. The first-order valence-electron chi connectivity index (χ1n) is 6.13. The number of rotatable bonds is 6. The summed E-state index contributed by atoms with van der Waals surface area (Å²) in [5, 5.41) is 20.3. The van der Waals surface area contributed by atoms with Crippen molar-refractivity contribution >= 4 is 6.29 Å². The Morgan fingerprint density at radius 2 is 1.94 bits per heavy atom. The fraction of sp³-hybridized carbons (Fsp3) is 0.500. The standard InChI is InChI=1S/C14H21NO3/c1-10(2)7-8-13(17)14(15,18)12-6-4-3-5-11(12)9-16/h3-6,9-10,13,17-18H,7-8,15H2,1-2H3/t13-,14-/m1/s1. The molecule has 4 heteroatoms. The number of carbonyl (C=O) groups is 1. The smallest absolute Gasteiger partial charge is 0.166 e. The van der Waals surface area contributed by atoms with Crippen molar-refractivity contribution in [2.24, 2.45) is 11.7 Å². The van der Waals surface area contributed by atoms with Crippen LogP contribution in [0.1, 0.15) is 42.6 Å². The average molecular weight is 251 g/mol. The minimum atomic E-state index is -1.90. The van der Waals surface area contributed by atoms with E-state index in [-0.39, 0.29) is 5.56 Å². The molecular formula is C14H21NO3. The van der Waals surface area contributed by atoms with Gasteiger partial charge >= 0.3 is 0 Å². The highest BCUT2D eigenvalue weighted by atomic mass is 16.4. The molecule has 0 saturated heterocycles. The summed E-state index contributed by atoms with van der Waals surface area (Å²) in [6.45, 7) is 4.06. The van der Waals surface area contributed by atoms with E-state index in [9.17, 15) is 15.0 Å². The van der Waals surface area contributed by atoms with Gasteiger partial charge in [-0.25, -0.2) is 0 Å². The van der Waals surface area contributed by atoms with Crippen LogP contribution in [-0.2, 0) is 5.72 Å². The Kier molecular flexibility index (Phi) is 5.02. The van der Waals surface area contributed by atoms with E-state index in [0.717, 1.165) is 6.42 Å². The van der Waals surface area contributed by atoms with Gasteiger partial charge in [0.2, 0.25) is 0 Å². The van der Waals surface area contributed by atoms with E-state index in [1.54, 1.807) is 24.3 Å². The number of aliphatic hydroxyl groups is 2. The summed E-state index contributed by atoms with van der Waals surface area (Å²) in [5.74, 6) is 0.414. The molecule has 0 radical (unpaired) electrons. The van der Waals surface area contributed by atoms with Gasteiger partial charge in [-0.1, -0.05) is 38.1 Å². The van der Waals surface area contributed by atoms with Crippen molar-refractivity contribution in [3.05, 3.63) is 35.4 Å². The highest BCUT2D eigenvalue weighted by Crippen LogP contribution is 2.25. The lowest BCUT2D eigenvalue weighted by molar-refractivity contribution is -0.0814. The first-order valence-corrected chi connectivity index (χ1v) is 6.13. The largest absolute Gasteiger partial charge is 0.388 e. The summed E-state index contributed by atoms with van der Waals surface area (Å²) >= 11 is 0. The third-order valence-corrected chi connectivity index (χ3v) is 3.04. The van der Waals surface area contributed by atoms with Crippen LogP contribution in [0.2, 0.25) is 0 Å². The van der Waals surface area contributed by atoms with E-state index in [0.29, 0.717) is 24.2 Å². The molecule has 0 amide bonds. The highest BCUT2D eigenvalue weighted by molar-refractivity contribution is 5.77. The maximum absolute atomic E-state index is 10.9. The normalized spacial score (nSPS) is 16.3. The number of hydrogen-bond donors (Lipinski definition) is 3. The van der Waals surface area contributed by atoms with Crippen molar-refractivity contribution in [3.8, 4) is 0 Å². The van der Waals surface area contributed by atoms with Gasteiger partial charge in [-0.3, -0.25) is 10.5 Å². The molecule has 0 saturated carbocycles. The Morgan fingerprint density at radius 3 is 2.50 bits per heavy atom. The minimum absolute atomic E-state index is 0.260. The van der Waals surface area contributed by atoms with Gasteiger partial charge in [0, 0.05) is 11.1 Å². The van der Waals surface area contributed by atoms with Crippen LogP contribution < -0.4 is 5.73 Å². The molecule has 1 rings (SSSR count). The van der Waals surface area contributed by atoms with E-state index in [4.69, 9.17) is 5.73 Å². The van der Waals surface area contributed by atoms with Crippen LogP contribution in [0, 0.1) is 5.92 Å². The summed E-state index contributed by atoms with van der Waals surface area (Å²) in [5.41, 5.74) is 4.45. The number of carbonyl (C=O) groups excluding carboxylic acids is 1. The van der Waals surface area contributed by atoms with Crippen molar-refractivity contribution < 1.29 is 15.0 Å². The molecule has 0 heterocycles. The fourth-order valence-electron chi connectivity index (χ4n) is 1.86. The summed E-state index contributed by atoms with van der Waals surface area (Å²) in [4.78, 5) is 10.9. The maximum atomic E-state index is 10.9. The average Bonchev–Trinajstić information content (AvgIpc) is 2.35. The fourth-order valence-corrected chi connectivity index (χ4v) is 1.86. The number of hydrogen-bond acceptors (Lipinski definition) is 4. The van der Waals surface area contributed by atoms with Gasteiger partial charge in [0.1, 0.15) is 12.4 Å². The van der Waals surface area contributed by atoms with Crippen LogP contribution in [0.3, 0.4) is 0 Å². The third-order valence-electron chi connectivity index (χ3n) is 3.04. The molecule has 1 aromatic carbocycles.